The molecule has 0 fully saturated rings. The third-order valence-electron chi connectivity index (χ3n) is 5.01. The van der Waals surface area contributed by atoms with E-state index >= 15 is 0 Å². The van der Waals surface area contributed by atoms with E-state index in [0.29, 0.717) is 34.4 Å². The summed E-state index contributed by atoms with van der Waals surface area (Å²) in [6.07, 6.45) is 0.286. The van der Waals surface area contributed by atoms with Gasteiger partial charge in [0.1, 0.15) is 11.5 Å². The second-order valence-electron chi connectivity index (χ2n) is 6.53. The van der Waals surface area contributed by atoms with Crippen LogP contribution in [-0.2, 0) is 9.59 Å². The summed E-state index contributed by atoms with van der Waals surface area (Å²) in [5, 5.41) is 3.46. The zero-order valence-electron chi connectivity index (χ0n) is 15.0. The molecule has 2 aliphatic rings. The number of nitrogens with one attached hydrogen (secondary N) is 1. The number of amides is 2. The van der Waals surface area contributed by atoms with Crippen molar-refractivity contribution >= 4 is 34.8 Å². The summed E-state index contributed by atoms with van der Waals surface area (Å²) >= 11 is 6.47. The molecule has 0 radical (unpaired) electrons. The van der Waals surface area contributed by atoms with Gasteiger partial charge in [-0.2, -0.15) is 0 Å². The van der Waals surface area contributed by atoms with Crippen LogP contribution in [0, 0.1) is 0 Å². The van der Waals surface area contributed by atoms with Gasteiger partial charge in [-0.05, 0) is 42.3 Å². The molecule has 2 aromatic rings. The van der Waals surface area contributed by atoms with Crippen molar-refractivity contribution in [3.63, 3.8) is 0 Å². The van der Waals surface area contributed by atoms with Crippen LogP contribution < -0.4 is 19.7 Å². The minimum atomic E-state index is -0.200. The van der Waals surface area contributed by atoms with Gasteiger partial charge in [-0.25, -0.2) is 0 Å². The van der Waals surface area contributed by atoms with Gasteiger partial charge in [-0.1, -0.05) is 17.7 Å². The Kier molecular flexibility index (Phi) is 4.44. The van der Waals surface area contributed by atoms with E-state index in [4.69, 9.17) is 21.1 Å². The molecule has 2 heterocycles. The van der Waals surface area contributed by atoms with Crippen LogP contribution >= 0.6 is 11.6 Å². The summed E-state index contributed by atoms with van der Waals surface area (Å²) in [7, 11) is 1.58. The average molecular weight is 387 g/mol. The molecule has 6 nitrogen and oxygen atoms in total. The average Bonchev–Trinajstić information content (AvgIpc) is 2.66. The molecule has 27 heavy (non-hydrogen) atoms. The predicted octanol–water partition coefficient (Wildman–Crippen LogP) is 3.57. The van der Waals surface area contributed by atoms with Gasteiger partial charge < -0.3 is 19.7 Å². The Labute approximate surface area is 162 Å². The second-order valence-corrected chi connectivity index (χ2v) is 6.93. The third-order valence-corrected chi connectivity index (χ3v) is 5.34. The van der Waals surface area contributed by atoms with Crippen LogP contribution in [0.1, 0.15) is 30.4 Å². The number of carbonyl (C=O) groups is 2. The van der Waals surface area contributed by atoms with Gasteiger partial charge >= 0.3 is 0 Å². The van der Waals surface area contributed by atoms with E-state index in [1.54, 1.807) is 18.1 Å². The Bertz CT molecular complexity index is 944. The molecule has 0 aliphatic carbocycles. The smallest absolute Gasteiger partial charge is 0.265 e. The van der Waals surface area contributed by atoms with E-state index in [2.05, 4.69) is 5.32 Å². The molecule has 7 heteroatoms. The van der Waals surface area contributed by atoms with Gasteiger partial charge in [0.15, 0.2) is 6.61 Å². The Balaban J connectivity index is 1.83. The number of halogens is 1. The quantitative estimate of drug-likeness (QED) is 0.875. The van der Waals surface area contributed by atoms with Gasteiger partial charge in [0.2, 0.25) is 5.91 Å². The zero-order valence-corrected chi connectivity index (χ0v) is 15.8. The Morgan fingerprint density at radius 1 is 1.26 bits per heavy atom. The van der Waals surface area contributed by atoms with Crippen LogP contribution in [0.4, 0.5) is 11.4 Å². The molecule has 0 saturated carbocycles. The summed E-state index contributed by atoms with van der Waals surface area (Å²) in [6, 6.07) is 9.18. The van der Waals surface area contributed by atoms with Crippen molar-refractivity contribution in [2.24, 2.45) is 0 Å². The molecular weight excluding hydrogens is 368 g/mol. The van der Waals surface area contributed by atoms with E-state index in [-0.39, 0.29) is 30.8 Å². The first-order valence-electron chi connectivity index (χ1n) is 8.76. The van der Waals surface area contributed by atoms with Crippen LogP contribution in [0.15, 0.2) is 30.3 Å². The normalized spacial score (nSPS) is 18.3. The monoisotopic (exact) mass is 386 g/mol. The van der Waals surface area contributed by atoms with E-state index in [1.165, 1.54) is 0 Å². The molecule has 2 amide bonds. The predicted molar refractivity (Wildman–Crippen MR) is 103 cm³/mol. The van der Waals surface area contributed by atoms with E-state index in [1.807, 2.05) is 31.2 Å². The van der Waals surface area contributed by atoms with Crippen molar-refractivity contribution < 1.29 is 19.1 Å². The molecule has 0 bridgehead atoms. The lowest BCUT2D eigenvalue weighted by molar-refractivity contribution is -0.121. The lowest BCUT2D eigenvalue weighted by atomic mass is 9.84. The number of anilines is 2. The highest BCUT2D eigenvalue weighted by atomic mass is 35.5. The number of carbonyl (C=O) groups excluding carboxylic acids is 2. The summed E-state index contributed by atoms with van der Waals surface area (Å²) in [5.41, 5.74) is 3.13. The van der Waals surface area contributed by atoms with Gasteiger partial charge in [0.05, 0.1) is 12.8 Å². The number of benzene rings is 2. The zero-order chi connectivity index (χ0) is 19.1. The largest absolute Gasteiger partial charge is 0.497 e. The fraction of sp³-hybridized carbons (Fsp3) is 0.300. The maximum Gasteiger partial charge on any atom is 0.265 e. The van der Waals surface area contributed by atoms with Gasteiger partial charge in [0.25, 0.3) is 5.91 Å². The van der Waals surface area contributed by atoms with Crippen molar-refractivity contribution in [2.45, 2.75) is 19.3 Å². The highest BCUT2D eigenvalue weighted by molar-refractivity contribution is 6.31. The fourth-order valence-corrected chi connectivity index (χ4v) is 4.00. The Morgan fingerprint density at radius 3 is 2.78 bits per heavy atom. The SMILES string of the molecule is CCN1C(=O)COc2cc3c(cc21)NC(=O)CC3c1ccc(OC)cc1Cl. The Morgan fingerprint density at radius 2 is 2.07 bits per heavy atom. The van der Waals surface area contributed by atoms with Crippen LogP contribution in [0.3, 0.4) is 0 Å². The second kappa shape index (κ2) is 6.78. The molecule has 0 saturated heterocycles. The van der Waals surface area contributed by atoms with Crippen molar-refractivity contribution in [1.29, 1.82) is 0 Å². The van der Waals surface area contributed by atoms with Crippen molar-refractivity contribution in [3.05, 3.63) is 46.5 Å². The molecular formula is C20H19ClN2O4. The number of methoxy groups -OCH3 is 1. The number of nitrogens with zero attached hydrogens (tertiary/aromatic N) is 1. The first-order valence-corrected chi connectivity index (χ1v) is 9.14. The molecule has 1 N–H and O–H groups in total. The summed E-state index contributed by atoms with van der Waals surface area (Å²) in [6.45, 7) is 2.46. The molecule has 0 aromatic heterocycles. The summed E-state index contributed by atoms with van der Waals surface area (Å²) < 4.78 is 10.9. The third kappa shape index (κ3) is 3.00. The molecule has 4 rings (SSSR count). The minimum Gasteiger partial charge on any atom is -0.497 e. The number of likely N-dealkylation sites (N-methyl/N-ethyl adjacent to an activating group) is 1. The number of rotatable bonds is 3. The first kappa shape index (κ1) is 17.7. The number of fused-ring (bicyclic) bond motifs is 2. The van der Waals surface area contributed by atoms with E-state index in [0.717, 1.165) is 11.1 Å². The fourth-order valence-electron chi connectivity index (χ4n) is 3.70. The highest BCUT2D eigenvalue weighted by Crippen LogP contribution is 2.46. The van der Waals surface area contributed by atoms with Crippen LogP contribution in [0.5, 0.6) is 11.5 Å². The number of hydrogen-bond acceptors (Lipinski definition) is 4. The van der Waals surface area contributed by atoms with E-state index in [9.17, 15) is 9.59 Å². The van der Waals surface area contributed by atoms with Crippen LogP contribution in [0.2, 0.25) is 5.02 Å². The topological polar surface area (TPSA) is 67.9 Å². The highest BCUT2D eigenvalue weighted by Gasteiger charge is 2.32. The lowest BCUT2D eigenvalue weighted by Gasteiger charge is -2.33. The maximum atomic E-state index is 12.3. The molecule has 2 aliphatic heterocycles. The number of hydrogen-bond donors (Lipinski definition) is 1. The molecule has 140 valence electrons. The van der Waals surface area contributed by atoms with Crippen molar-refractivity contribution in [1.82, 2.24) is 0 Å². The van der Waals surface area contributed by atoms with Crippen LogP contribution in [0.25, 0.3) is 0 Å². The van der Waals surface area contributed by atoms with Gasteiger partial charge in [-0.15, -0.1) is 0 Å². The number of ether oxygens (including phenoxy) is 2. The maximum absolute atomic E-state index is 12.3. The summed E-state index contributed by atoms with van der Waals surface area (Å²) in [5.74, 6) is 0.914. The van der Waals surface area contributed by atoms with Gasteiger partial charge in [-0.3, -0.25) is 9.59 Å². The summed E-state index contributed by atoms with van der Waals surface area (Å²) in [4.78, 5) is 26.1. The van der Waals surface area contributed by atoms with Crippen molar-refractivity contribution in [3.8, 4) is 11.5 Å². The molecule has 1 unspecified atom stereocenters. The van der Waals surface area contributed by atoms with Crippen LogP contribution in [-0.4, -0.2) is 32.1 Å². The van der Waals surface area contributed by atoms with Gasteiger partial charge in [0, 0.05) is 29.6 Å². The molecule has 0 spiro atoms. The molecule has 2 aromatic carbocycles. The Hall–Kier alpha value is -2.73. The molecule has 1 atom stereocenters. The van der Waals surface area contributed by atoms with E-state index < -0.39 is 0 Å². The lowest BCUT2D eigenvalue weighted by Crippen LogP contribution is -2.39. The minimum absolute atomic E-state index is 0.0138. The first-order chi connectivity index (χ1) is 13.0. The van der Waals surface area contributed by atoms with Crippen molar-refractivity contribution in [2.75, 3.05) is 30.5 Å². The standard InChI is InChI=1S/C20H19ClN2O4/c1-3-23-17-9-16-14(7-18(17)27-10-20(23)25)13(8-19(24)22-16)12-5-4-11(26-2)6-15(12)21/h4-7,9,13H,3,8,10H2,1-2H3,(H,22,24).